The average Bonchev–Trinajstić information content (AvgIpc) is 2.79. The van der Waals surface area contributed by atoms with Gasteiger partial charge < -0.3 is 11.1 Å². The molecule has 0 saturated carbocycles. The van der Waals surface area contributed by atoms with Crippen LogP contribution in [0.15, 0.2) is 34.7 Å². The minimum atomic E-state index is -3.79. The van der Waals surface area contributed by atoms with Gasteiger partial charge in [-0.1, -0.05) is 0 Å². The molecule has 0 amide bonds. The fraction of sp³-hybridized carbons (Fsp3) is 0.250. The van der Waals surface area contributed by atoms with Gasteiger partial charge in [-0.25, -0.2) is 18.5 Å². The lowest BCUT2D eigenvalue weighted by atomic mass is 10.1. The molecular formula is C12H16N4O2S2. The lowest BCUT2D eigenvalue weighted by Crippen LogP contribution is -2.28. The summed E-state index contributed by atoms with van der Waals surface area (Å²) in [7, 11) is -3.79. The third-order valence-corrected chi connectivity index (χ3v) is 4.67. The third kappa shape index (κ3) is 3.27. The molecule has 0 spiro atoms. The van der Waals surface area contributed by atoms with Gasteiger partial charge >= 0.3 is 0 Å². The summed E-state index contributed by atoms with van der Waals surface area (Å²) >= 11 is 1.52. The summed E-state index contributed by atoms with van der Waals surface area (Å²) in [6.45, 7) is 3.90. The van der Waals surface area contributed by atoms with Crippen LogP contribution in [0.25, 0.3) is 0 Å². The van der Waals surface area contributed by atoms with Crippen LogP contribution in [0.5, 0.6) is 0 Å². The monoisotopic (exact) mass is 312 g/mol. The Kier molecular flexibility index (Phi) is 3.72. The molecule has 0 radical (unpaired) electrons. The molecule has 108 valence electrons. The highest BCUT2D eigenvalue weighted by Crippen LogP contribution is 2.29. The van der Waals surface area contributed by atoms with Crippen LogP contribution < -0.4 is 16.2 Å². The average molecular weight is 312 g/mol. The Morgan fingerprint density at radius 2 is 2.00 bits per heavy atom. The van der Waals surface area contributed by atoms with Gasteiger partial charge in [-0.3, -0.25) is 0 Å². The second-order valence-corrected chi connectivity index (χ2v) is 7.38. The van der Waals surface area contributed by atoms with E-state index < -0.39 is 15.6 Å². The molecule has 5 N–H and O–H groups in total. The molecule has 6 nitrogen and oxygen atoms in total. The van der Waals surface area contributed by atoms with Gasteiger partial charge in [0, 0.05) is 23.0 Å². The normalized spacial score (nSPS) is 12.3. The molecule has 0 atom stereocenters. The van der Waals surface area contributed by atoms with Crippen molar-refractivity contribution in [2.75, 3.05) is 11.1 Å². The molecule has 8 heteroatoms. The van der Waals surface area contributed by atoms with E-state index in [9.17, 15) is 8.42 Å². The van der Waals surface area contributed by atoms with Crippen molar-refractivity contribution < 1.29 is 8.42 Å². The lowest BCUT2D eigenvalue weighted by Gasteiger charge is -2.25. The van der Waals surface area contributed by atoms with Crippen LogP contribution in [-0.2, 0) is 15.6 Å². The molecule has 0 bridgehead atoms. The molecule has 1 aromatic heterocycles. The van der Waals surface area contributed by atoms with Crippen molar-refractivity contribution in [1.82, 2.24) is 4.98 Å². The van der Waals surface area contributed by atoms with E-state index in [2.05, 4.69) is 10.3 Å². The molecule has 20 heavy (non-hydrogen) atoms. The maximum absolute atomic E-state index is 11.4. The first-order valence-electron chi connectivity index (χ1n) is 5.80. The number of thiazole rings is 1. The number of nitrogens with zero attached hydrogens (tertiary/aromatic N) is 1. The molecule has 1 heterocycles. The van der Waals surface area contributed by atoms with Crippen molar-refractivity contribution in [1.29, 1.82) is 0 Å². The SMILES string of the molecule is CC(C)(Nc1cc(N)cc(S(N)(=O)=O)c1)c1nccs1. The van der Waals surface area contributed by atoms with Gasteiger partial charge in [0.25, 0.3) is 0 Å². The number of nitrogen functional groups attached to an aromatic ring is 1. The minimum absolute atomic E-state index is 0.0186. The zero-order valence-electron chi connectivity index (χ0n) is 11.1. The Hall–Kier alpha value is -1.64. The van der Waals surface area contributed by atoms with Gasteiger partial charge in [0.15, 0.2) is 0 Å². The van der Waals surface area contributed by atoms with Crippen LogP contribution in [0.3, 0.4) is 0 Å². The number of anilines is 2. The van der Waals surface area contributed by atoms with Gasteiger partial charge in [0.05, 0.1) is 10.4 Å². The van der Waals surface area contributed by atoms with Crippen LogP contribution in [0, 0.1) is 0 Å². The Morgan fingerprint density at radius 3 is 2.55 bits per heavy atom. The van der Waals surface area contributed by atoms with E-state index in [0.29, 0.717) is 11.4 Å². The number of hydrogen-bond donors (Lipinski definition) is 3. The van der Waals surface area contributed by atoms with Crippen molar-refractivity contribution in [3.05, 3.63) is 34.8 Å². The summed E-state index contributed by atoms with van der Waals surface area (Å²) in [5.74, 6) is 0. The number of sulfonamides is 1. The van der Waals surface area contributed by atoms with Gasteiger partial charge in [0.2, 0.25) is 10.0 Å². The Bertz CT molecular complexity index is 709. The number of primary sulfonamides is 1. The van der Waals surface area contributed by atoms with Gasteiger partial charge in [-0.2, -0.15) is 0 Å². The van der Waals surface area contributed by atoms with Crippen molar-refractivity contribution in [2.24, 2.45) is 5.14 Å². The quantitative estimate of drug-likeness (QED) is 0.744. The molecule has 0 saturated heterocycles. The smallest absolute Gasteiger partial charge is 0.238 e. The maximum Gasteiger partial charge on any atom is 0.238 e. The van der Waals surface area contributed by atoms with E-state index in [0.717, 1.165) is 5.01 Å². The van der Waals surface area contributed by atoms with Crippen LogP contribution in [-0.4, -0.2) is 13.4 Å². The highest BCUT2D eigenvalue weighted by Gasteiger charge is 2.23. The number of nitrogens with one attached hydrogen (secondary N) is 1. The number of nitrogens with two attached hydrogens (primary N) is 2. The van der Waals surface area contributed by atoms with Crippen LogP contribution in [0.2, 0.25) is 0 Å². The van der Waals surface area contributed by atoms with E-state index in [1.165, 1.54) is 23.5 Å². The van der Waals surface area contributed by atoms with Gasteiger partial charge in [-0.05, 0) is 32.0 Å². The van der Waals surface area contributed by atoms with Crippen molar-refractivity contribution in [3.8, 4) is 0 Å². The summed E-state index contributed by atoms with van der Waals surface area (Å²) < 4.78 is 22.8. The zero-order chi connectivity index (χ0) is 15.0. The molecule has 0 aliphatic carbocycles. The predicted octanol–water partition coefficient (Wildman–Crippen LogP) is 1.72. The van der Waals surface area contributed by atoms with Crippen LogP contribution in [0.1, 0.15) is 18.9 Å². The first kappa shape index (κ1) is 14.8. The van der Waals surface area contributed by atoms with Crippen LogP contribution in [0.4, 0.5) is 11.4 Å². The zero-order valence-corrected chi connectivity index (χ0v) is 12.8. The van der Waals surface area contributed by atoms with E-state index in [1.807, 2.05) is 19.2 Å². The number of hydrogen-bond acceptors (Lipinski definition) is 6. The molecule has 1 aromatic carbocycles. The van der Waals surface area contributed by atoms with Gasteiger partial charge in [0.1, 0.15) is 5.01 Å². The fourth-order valence-corrected chi connectivity index (χ4v) is 3.11. The van der Waals surface area contributed by atoms with Crippen molar-refractivity contribution in [2.45, 2.75) is 24.3 Å². The van der Waals surface area contributed by atoms with Crippen molar-refractivity contribution in [3.63, 3.8) is 0 Å². The molecule has 2 aromatic rings. The molecule has 0 fully saturated rings. The Morgan fingerprint density at radius 1 is 1.30 bits per heavy atom. The largest absolute Gasteiger partial charge is 0.399 e. The molecule has 0 aliphatic rings. The highest BCUT2D eigenvalue weighted by molar-refractivity contribution is 7.89. The van der Waals surface area contributed by atoms with E-state index in [4.69, 9.17) is 10.9 Å². The van der Waals surface area contributed by atoms with E-state index in [1.54, 1.807) is 12.3 Å². The van der Waals surface area contributed by atoms with E-state index in [-0.39, 0.29) is 4.90 Å². The summed E-state index contributed by atoms with van der Waals surface area (Å²) in [4.78, 5) is 4.24. The Balaban J connectivity index is 2.37. The van der Waals surface area contributed by atoms with E-state index >= 15 is 0 Å². The molecule has 2 rings (SSSR count). The van der Waals surface area contributed by atoms with Crippen molar-refractivity contribution >= 4 is 32.7 Å². The molecule has 0 aliphatic heterocycles. The van der Waals surface area contributed by atoms with Gasteiger partial charge in [-0.15, -0.1) is 11.3 Å². The second-order valence-electron chi connectivity index (χ2n) is 4.92. The second kappa shape index (κ2) is 5.04. The molecular weight excluding hydrogens is 296 g/mol. The minimum Gasteiger partial charge on any atom is -0.399 e. The topological polar surface area (TPSA) is 111 Å². The predicted molar refractivity (Wildman–Crippen MR) is 81.0 cm³/mol. The standard InChI is InChI=1S/C12H16N4O2S2/c1-12(2,11-15-3-4-19-11)16-9-5-8(13)6-10(7-9)20(14,17)18/h3-7,16H,13H2,1-2H3,(H2,14,17,18). The summed E-state index contributed by atoms with van der Waals surface area (Å²) in [6.07, 6.45) is 1.72. The maximum atomic E-state index is 11.4. The lowest BCUT2D eigenvalue weighted by molar-refractivity contribution is 0.596. The fourth-order valence-electron chi connectivity index (χ4n) is 1.80. The third-order valence-electron chi connectivity index (χ3n) is 2.68. The summed E-state index contributed by atoms with van der Waals surface area (Å²) in [5.41, 5.74) is 6.18. The number of benzene rings is 1. The summed E-state index contributed by atoms with van der Waals surface area (Å²) in [6, 6.07) is 4.45. The summed E-state index contributed by atoms with van der Waals surface area (Å²) in [5, 5.41) is 11.1. The highest BCUT2D eigenvalue weighted by atomic mass is 32.2. The molecule has 0 unspecified atom stereocenters. The number of rotatable bonds is 4. The number of aromatic nitrogens is 1. The first-order chi connectivity index (χ1) is 9.18. The Labute approximate surface area is 121 Å². The first-order valence-corrected chi connectivity index (χ1v) is 8.22. The van der Waals surface area contributed by atoms with Crippen LogP contribution >= 0.6 is 11.3 Å².